The summed E-state index contributed by atoms with van der Waals surface area (Å²) in [6.07, 6.45) is 3.94. The largest absolute Gasteiger partial charge is 0.320 e. The molecule has 1 N–H and O–H groups in total. The number of aryl methyl sites for hydroxylation is 2. The van der Waals surface area contributed by atoms with E-state index in [1.807, 2.05) is 67.2 Å². The summed E-state index contributed by atoms with van der Waals surface area (Å²) in [5.41, 5.74) is 3.07. The van der Waals surface area contributed by atoms with Crippen molar-refractivity contribution in [2.45, 2.75) is 20.4 Å². The third kappa shape index (κ3) is 4.24. The van der Waals surface area contributed by atoms with Gasteiger partial charge >= 0.3 is 0 Å². The van der Waals surface area contributed by atoms with Gasteiger partial charge in [-0.1, -0.05) is 36.4 Å². The van der Waals surface area contributed by atoms with Crippen molar-refractivity contribution in [1.29, 1.82) is 0 Å². The van der Waals surface area contributed by atoms with Crippen molar-refractivity contribution < 1.29 is 42.1 Å². The van der Waals surface area contributed by atoms with E-state index in [0.29, 0.717) is 6.54 Å². The minimum absolute atomic E-state index is 0. The van der Waals surface area contributed by atoms with Gasteiger partial charge in [0.1, 0.15) is 0 Å². The van der Waals surface area contributed by atoms with Gasteiger partial charge in [-0.15, -0.1) is 0 Å². The Balaban J connectivity index is 0.00000192. The third-order valence-corrected chi connectivity index (χ3v) is 3.82. The van der Waals surface area contributed by atoms with Gasteiger partial charge in [-0.3, -0.25) is 4.79 Å². The van der Waals surface area contributed by atoms with Gasteiger partial charge in [0.05, 0.1) is 0 Å². The summed E-state index contributed by atoms with van der Waals surface area (Å²) in [4.78, 5) is 12.3. The Kier molecular flexibility index (Phi) is 6.03. The fraction of sp³-hybridized carbons (Fsp3) is 0.158. The van der Waals surface area contributed by atoms with Crippen molar-refractivity contribution in [1.82, 2.24) is 0 Å². The van der Waals surface area contributed by atoms with Crippen LogP contribution in [-0.2, 0) is 44.0 Å². The molecule has 0 atom stereocenters. The molecule has 0 spiro atoms. The maximum atomic E-state index is 12.3. The maximum Gasteiger partial charge on any atom is 0.290 e. The smallest absolute Gasteiger partial charge is 0.290 e. The Bertz CT molecular complexity index is 825. The fourth-order valence-electron chi connectivity index (χ4n) is 2.63. The molecule has 4 heteroatoms. The molecule has 113 valence electrons. The number of pyridine rings is 1. The van der Waals surface area contributed by atoms with E-state index in [-0.39, 0.29) is 38.6 Å². The zero-order valence-electron chi connectivity index (χ0n) is 13.4. The fourth-order valence-corrected chi connectivity index (χ4v) is 2.63. The summed E-state index contributed by atoms with van der Waals surface area (Å²) in [5, 5.41) is 5.32. The molecule has 0 bridgehead atoms. The molecule has 0 aliphatic heterocycles. The van der Waals surface area contributed by atoms with Crippen LogP contribution in [0.4, 0.5) is 5.69 Å². The molecule has 2 aromatic carbocycles. The van der Waals surface area contributed by atoms with Gasteiger partial charge in [0, 0.05) is 49.8 Å². The Hall–Kier alpha value is -1.58. The van der Waals surface area contributed by atoms with E-state index < -0.39 is 0 Å². The first kappa shape index (κ1) is 17.8. The second-order valence-corrected chi connectivity index (χ2v) is 5.56. The summed E-state index contributed by atoms with van der Waals surface area (Å²) < 4.78 is 1.91. The monoisotopic (exact) mass is 380 g/mol. The maximum absolute atomic E-state index is 12.3. The number of anilines is 1. The van der Waals surface area contributed by atoms with Crippen molar-refractivity contribution in [3.8, 4) is 0 Å². The van der Waals surface area contributed by atoms with Crippen molar-refractivity contribution in [3.05, 3.63) is 72.1 Å². The topological polar surface area (TPSA) is 33.0 Å². The Labute approximate surface area is 161 Å². The van der Waals surface area contributed by atoms with Crippen molar-refractivity contribution in [2.75, 3.05) is 5.32 Å². The number of para-hydroxylation sites is 1. The van der Waals surface area contributed by atoms with Crippen LogP contribution in [0.5, 0.6) is 0 Å². The molecule has 0 aliphatic carbocycles. The standard InChI is InChI=1S/C19H18N2O.Y/c1-14-6-5-7-15(2)19(14)20-18(22)13-21-11-10-16-8-3-4-9-17(16)12-21;/h3-12H,13H2,1-2H3;/p+1. The molecule has 0 fully saturated rings. The SMILES string of the molecule is Cc1cccc(C)c1NC(=O)C[n+]1ccc2ccccc2c1.[Y]. The molecule has 3 rings (SSSR count). The average molecular weight is 380 g/mol. The molecule has 1 aromatic heterocycles. The summed E-state index contributed by atoms with van der Waals surface area (Å²) in [6.45, 7) is 4.32. The molecule has 0 saturated carbocycles. The number of hydrogen-bond donors (Lipinski definition) is 1. The van der Waals surface area contributed by atoms with Crippen LogP contribution in [0.25, 0.3) is 10.8 Å². The summed E-state index contributed by atoms with van der Waals surface area (Å²) in [7, 11) is 0. The molecule has 0 unspecified atom stereocenters. The normalized spacial score (nSPS) is 10.2. The van der Waals surface area contributed by atoms with E-state index in [2.05, 4.69) is 17.4 Å². The van der Waals surface area contributed by atoms with Crippen LogP contribution in [0.15, 0.2) is 60.9 Å². The molecule has 1 heterocycles. The Morgan fingerprint density at radius 3 is 2.30 bits per heavy atom. The second kappa shape index (κ2) is 7.80. The predicted molar refractivity (Wildman–Crippen MR) is 88.7 cm³/mol. The van der Waals surface area contributed by atoms with Crippen molar-refractivity contribution in [2.24, 2.45) is 0 Å². The second-order valence-electron chi connectivity index (χ2n) is 5.56. The van der Waals surface area contributed by atoms with Crippen LogP contribution in [0.3, 0.4) is 0 Å². The summed E-state index contributed by atoms with van der Waals surface area (Å²) in [6, 6.07) is 16.2. The number of benzene rings is 2. The molecule has 3 aromatic rings. The molecule has 1 radical (unpaired) electrons. The van der Waals surface area contributed by atoms with Crippen LogP contribution in [0, 0.1) is 13.8 Å². The molecule has 0 saturated heterocycles. The molecule has 23 heavy (non-hydrogen) atoms. The number of carbonyl (C=O) groups is 1. The molecular formula is C19H19N2OY+. The van der Waals surface area contributed by atoms with E-state index in [1.54, 1.807) is 0 Å². The number of nitrogens with zero attached hydrogens (tertiary/aromatic N) is 1. The van der Waals surface area contributed by atoms with Gasteiger partial charge in [0.15, 0.2) is 12.4 Å². The Morgan fingerprint density at radius 1 is 0.957 bits per heavy atom. The summed E-state index contributed by atoms with van der Waals surface area (Å²) in [5.74, 6) is -0.0160. The zero-order chi connectivity index (χ0) is 15.5. The number of carbonyl (C=O) groups excluding carboxylic acids is 1. The quantitative estimate of drug-likeness (QED) is 0.695. The van der Waals surface area contributed by atoms with Gasteiger partial charge in [-0.25, -0.2) is 0 Å². The van der Waals surface area contributed by atoms with Crippen molar-refractivity contribution >= 4 is 22.4 Å². The van der Waals surface area contributed by atoms with E-state index >= 15 is 0 Å². The molecule has 0 aliphatic rings. The molecular weight excluding hydrogens is 361 g/mol. The van der Waals surface area contributed by atoms with Crippen LogP contribution >= 0.6 is 0 Å². The van der Waals surface area contributed by atoms with E-state index in [1.165, 1.54) is 5.39 Å². The van der Waals surface area contributed by atoms with Crippen LogP contribution in [-0.4, -0.2) is 5.91 Å². The van der Waals surface area contributed by atoms with Gasteiger partial charge in [-0.05, 0) is 36.4 Å². The van der Waals surface area contributed by atoms with Crippen LogP contribution in [0.1, 0.15) is 11.1 Å². The number of fused-ring (bicyclic) bond motifs is 1. The van der Waals surface area contributed by atoms with E-state index in [4.69, 9.17) is 0 Å². The zero-order valence-corrected chi connectivity index (χ0v) is 16.3. The van der Waals surface area contributed by atoms with Gasteiger partial charge in [0.25, 0.3) is 5.91 Å². The first-order chi connectivity index (χ1) is 10.6. The number of aromatic nitrogens is 1. The summed E-state index contributed by atoms with van der Waals surface area (Å²) >= 11 is 0. The van der Waals surface area contributed by atoms with Gasteiger partial charge in [-0.2, -0.15) is 4.57 Å². The number of rotatable bonds is 3. The Morgan fingerprint density at radius 2 is 1.61 bits per heavy atom. The van der Waals surface area contributed by atoms with E-state index in [9.17, 15) is 4.79 Å². The average Bonchev–Trinajstić information content (AvgIpc) is 2.51. The number of hydrogen-bond acceptors (Lipinski definition) is 1. The van der Waals surface area contributed by atoms with Crippen LogP contribution in [0.2, 0.25) is 0 Å². The molecule has 1 amide bonds. The number of amides is 1. The third-order valence-electron chi connectivity index (χ3n) is 3.82. The van der Waals surface area contributed by atoms with Crippen molar-refractivity contribution in [3.63, 3.8) is 0 Å². The van der Waals surface area contributed by atoms with Crippen LogP contribution < -0.4 is 9.88 Å². The first-order valence-corrected chi connectivity index (χ1v) is 7.37. The van der Waals surface area contributed by atoms with Gasteiger partial charge < -0.3 is 5.32 Å². The minimum Gasteiger partial charge on any atom is -0.320 e. The molecule has 3 nitrogen and oxygen atoms in total. The number of nitrogens with one attached hydrogen (secondary N) is 1. The minimum atomic E-state index is -0.0160. The first-order valence-electron chi connectivity index (χ1n) is 7.37. The van der Waals surface area contributed by atoms with E-state index in [0.717, 1.165) is 22.2 Å². The predicted octanol–water partition coefficient (Wildman–Crippen LogP) is 3.38. The van der Waals surface area contributed by atoms with Gasteiger partial charge in [0.2, 0.25) is 6.54 Å².